The maximum absolute atomic E-state index is 11.8. The van der Waals surface area contributed by atoms with Crippen LogP contribution in [0, 0.1) is 0 Å². The highest BCUT2D eigenvalue weighted by molar-refractivity contribution is 5.85. The fraction of sp³-hybridized carbons (Fsp3) is 0.545. The van der Waals surface area contributed by atoms with E-state index in [1.54, 1.807) is 12.1 Å². The number of halogens is 1. The van der Waals surface area contributed by atoms with E-state index in [0.29, 0.717) is 5.76 Å². The molecule has 0 spiro atoms. The Morgan fingerprint density at radius 3 is 3.06 bits per heavy atom. The molecular weight excluding hydrogens is 244 g/mol. The lowest BCUT2D eigenvalue weighted by molar-refractivity contribution is -0.124. The number of hydrogen-bond acceptors (Lipinski definition) is 4. The molecule has 1 aliphatic heterocycles. The highest BCUT2D eigenvalue weighted by atomic mass is 35.5. The van der Waals surface area contributed by atoms with E-state index in [9.17, 15) is 9.90 Å². The van der Waals surface area contributed by atoms with Gasteiger partial charge in [0.25, 0.3) is 0 Å². The molecule has 2 rings (SSSR count). The van der Waals surface area contributed by atoms with Crippen molar-refractivity contribution in [3.8, 4) is 0 Å². The summed E-state index contributed by atoms with van der Waals surface area (Å²) in [6.45, 7) is 0.717. The molecule has 1 aliphatic rings. The van der Waals surface area contributed by atoms with Gasteiger partial charge in [-0.25, -0.2) is 0 Å². The standard InChI is InChI=1S/C11H16N2O3.ClH/c14-7-9(10-4-2-6-16-10)13-11(15)8-3-1-5-12-8;/h2,4,6,8-9,12,14H,1,3,5,7H2,(H,13,15);1H. The Bertz CT molecular complexity index is 336. The SMILES string of the molecule is Cl.O=C(NC(CO)c1ccco1)C1CCCN1. The number of rotatable bonds is 4. The Balaban J connectivity index is 0.00000144. The molecule has 3 N–H and O–H groups in total. The van der Waals surface area contributed by atoms with Crippen molar-refractivity contribution in [1.29, 1.82) is 0 Å². The number of furan rings is 1. The Morgan fingerprint density at radius 1 is 1.71 bits per heavy atom. The van der Waals surface area contributed by atoms with Gasteiger partial charge in [-0.2, -0.15) is 0 Å². The molecule has 2 atom stereocenters. The molecule has 0 saturated carbocycles. The van der Waals surface area contributed by atoms with Crippen LogP contribution in [0.5, 0.6) is 0 Å². The molecule has 2 unspecified atom stereocenters. The Hall–Kier alpha value is -1.04. The second-order valence-electron chi connectivity index (χ2n) is 3.91. The van der Waals surface area contributed by atoms with Crippen LogP contribution in [-0.2, 0) is 4.79 Å². The molecule has 1 aromatic rings. The second-order valence-corrected chi connectivity index (χ2v) is 3.91. The van der Waals surface area contributed by atoms with Crippen molar-refractivity contribution in [2.24, 2.45) is 0 Å². The summed E-state index contributed by atoms with van der Waals surface area (Å²) in [7, 11) is 0. The lowest BCUT2D eigenvalue weighted by atomic mass is 10.2. The summed E-state index contributed by atoms with van der Waals surface area (Å²) in [5.41, 5.74) is 0. The van der Waals surface area contributed by atoms with Crippen molar-refractivity contribution in [3.63, 3.8) is 0 Å². The number of hydrogen-bond donors (Lipinski definition) is 3. The van der Waals surface area contributed by atoms with Crippen LogP contribution in [0.25, 0.3) is 0 Å². The van der Waals surface area contributed by atoms with Gasteiger partial charge in [0.2, 0.25) is 5.91 Å². The molecule has 0 radical (unpaired) electrons. The molecule has 0 aliphatic carbocycles. The van der Waals surface area contributed by atoms with E-state index in [2.05, 4.69) is 10.6 Å². The van der Waals surface area contributed by atoms with Crippen LogP contribution in [0.15, 0.2) is 22.8 Å². The first kappa shape index (κ1) is 14.0. The van der Waals surface area contributed by atoms with Crippen LogP contribution in [0.3, 0.4) is 0 Å². The largest absolute Gasteiger partial charge is 0.467 e. The van der Waals surface area contributed by atoms with Crippen LogP contribution >= 0.6 is 12.4 Å². The minimum absolute atomic E-state index is 0. The summed E-state index contributed by atoms with van der Waals surface area (Å²) >= 11 is 0. The molecule has 1 amide bonds. The monoisotopic (exact) mass is 260 g/mol. The molecule has 1 fully saturated rings. The van der Waals surface area contributed by atoms with Crippen molar-refractivity contribution in [2.45, 2.75) is 24.9 Å². The lowest BCUT2D eigenvalue weighted by Crippen LogP contribution is -2.42. The smallest absolute Gasteiger partial charge is 0.237 e. The molecule has 96 valence electrons. The lowest BCUT2D eigenvalue weighted by Gasteiger charge is -2.17. The second kappa shape index (κ2) is 6.64. The zero-order valence-corrected chi connectivity index (χ0v) is 10.2. The van der Waals surface area contributed by atoms with Gasteiger partial charge in [0, 0.05) is 0 Å². The van der Waals surface area contributed by atoms with E-state index >= 15 is 0 Å². The zero-order valence-electron chi connectivity index (χ0n) is 9.39. The number of aliphatic hydroxyl groups is 1. The van der Waals surface area contributed by atoms with Gasteiger partial charge in [0.1, 0.15) is 11.8 Å². The van der Waals surface area contributed by atoms with Crippen LogP contribution in [0.4, 0.5) is 0 Å². The summed E-state index contributed by atoms with van der Waals surface area (Å²) in [4.78, 5) is 11.8. The summed E-state index contributed by atoms with van der Waals surface area (Å²) in [6, 6.07) is 2.88. The van der Waals surface area contributed by atoms with Crippen molar-refractivity contribution in [1.82, 2.24) is 10.6 Å². The normalized spacial score (nSPS) is 20.6. The average molecular weight is 261 g/mol. The molecular formula is C11H17ClN2O3. The fourth-order valence-electron chi connectivity index (χ4n) is 1.88. The molecule has 0 bridgehead atoms. The molecule has 6 heteroatoms. The quantitative estimate of drug-likeness (QED) is 0.741. The molecule has 5 nitrogen and oxygen atoms in total. The van der Waals surface area contributed by atoms with Gasteiger partial charge >= 0.3 is 0 Å². The van der Waals surface area contributed by atoms with Crippen molar-refractivity contribution in [3.05, 3.63) is 24.2 Å². The summed E-state index contributed by atoms with van der Waals surface area (Å²) in [5, 5.41) is 15.1. The predicted octanol–water partition coefficient (Wildman–Crippen LogP) is 0.603. The number of carbonyl (C=O) groups is 1. The predicted molar refractivity (Wildman–Crippen MR) is 65.0 cm³/mol. The van der Waals surface area contributed by atoms with E-state index in [1.807, 2.05) is 0 Å². The van der Waals surface area contributed by atoms with Crippen molar-refractivity contribution < 1.29 is 14.3 Å². The number of nitrogens with one attached hydrogen (secondary N) is 2. The van der Waals surface area contributed by atoms with Gasteiger partial charge in [-0.1, -0.05) is 0 Å². The van der Waals surface area contributed by atoms with E-state index in [0.717, 1.165) is 19.4 Å². The van der Waals surface area contributed by atoms with E-state index in [1.165, 1.54) is 6.26 Å². The van der Waals surface area contributed by atoms with Crippen LogP contribution < -0.4 is 10.6 Å². The molecule has 17 heavy (non-hydrogen) atoms. The summed E-state index contributed by atoms with van der Waals surface area (Å²) in [5.74, 6) is 0.502. The van der Waals surface area contributed by atoms with E-state index in [4.69, 9.17) is 4.42 Å². The Labute approximate surface area is 106 Å². The average Bonchev–Trinajstić information content (AvgIpc) is 2.96. The van der Waals surface area contributed by atoms with Crippen LogP contribution in [0.1, 0.15) is 24.6 Å². The van der Waals surface area contributed by atoms with Gasteiger partial charge in [-0.15, -0.1) is 12.4 Å². The van der Waals surface area contributed by atoms with Crippen molar-refractivity contribution >= 4 is 18.3 Å². The third-order valence-electron chi connectivity index (χ3n) is 2.76. The van der Waals surface area contributed by atoms with Crippen molar-refractivity contribution in [2.75, 3.05) is 13.2 Å². The first-order valence-corrected chi connectivity index (χ1v) is 5.49. The highest BCUT2D eigenvalue weighted by Crippen LogP contribution is 2.14. The summed E-state index contributed by atoms with van der Waals surface area (Å²) < 4.78 is 5.15. The molecule has 0 aromatic carbocycles. The zero-order chi connectivity index (χ0) is 11.4. The topological polar surface area (TPSA) is 74.5 Å². The minimum atomic E-state index is -0.454. The van der Waals surface area contributed by atoms with E-state index < -0.39 is 6.04 Å². The van der Waals surface area contributed by atoms with Gasteiger partial charge in [0.15, 0.2) is 0 Å². The number of aliphatic hydroxyl groups excluding tert-OH is 1. The van der Waals surface area contributed by atoms with Crippen LogP contribution in [0.2, 0.25) is 0 Å². The maximum Gasteiger partial charge on any atom is 0.237 e. The molecule has 2 heterocycles. The van der Waals surface area contributed by atoms with Gasteiger partial charge in [-0.3, -0.25) is 4.79 Å². The maximum atomic E-state index is 11.8. The number of amides is 1. The summed E-state index contributed by atoms with van der Waals surface area (Å²) in [6.07, 6.45) is 3.39. The fourth-order valence-corrected chi connectivity index (χ4v) is 1.88. The third-order valence-corrected chi connectivity index (χ3v) is 2.76. The van der Waals surface area contributed by atoms with E-state index in [-0.39, 0.29) is 31.0 Å². The Kier molecular flexibility index (Phi) is 5.47. The van der Waals surface area contributed by atoms with Gasteiger partial charge < -0.3 is 20.2 Å². The van der Waals surface area contributed by atoms with Gasteiger partial charge in [-0.05, 0) is 31.5 Å². The first-order valence-electron chi connectivity index (χ1n) is 5.49. The van der Waals surface area contributed by atoms with Crippen LogP contribution in [-0.4, -0.2) is 30.2 Å². The third kappa shape index (κ3) is 3.46. The molecule has 1 saturated heterocycles. The first-order chi connectivity index (χ1) is 7.81. The number of carbonyl (C=O) groups excluding carboxylic acids is 1. The highest BCUT2D eigenvalue weighted by Gasteiger charge is 2.25. The molecule has 1 aromatic heterocycles. The Morgan fingerprint density at radius 2 is 2.53 bits per heavy atom. The van der Waals surface area contributed by atoms with Gasteiger partial charge in [0.05, 0.1) is 18.9 Å². The minimum Gasteiger partial charge on any atom is -0.467 e.